The normalized spacial score (nSPS) is 12.8. The summed E-state index contributed by atoms with van der Waals surface area (Å²) in [5.74, 6) is 0. The average Bonchev–Trinajstić information content (AvgIpc) is 1.62. The molecule has 0 radical (unpaired) electrons. The van der Waals surface area contributed by atoms with Gasteiger partial charge in [0.05, 0.1) is 0 Å². The van der Waals surface area contributed by atoms with Crippen LogP contribution < -0.4 is 5.43 Å². The number of halogens is 3. The summed E-state index contributed by atoms with van der Waals surface area (Å²) in [4.78, 5) is 0. The summed E-state index contributed by atoms with van der Waals surface area (Å²) in [6.45, 7) is 0. The van der Waals surface area contributed by atoms with Gasteiger partial charge in [0.15, 0.2) is 0 Å². The third kappa shape index (κ3) is 2.13. The monoisotopic (exact) mass is 128 g/mol. The van der Waals surface area contributed by atoms with E-state index in [1.807, 2.05) is 5.43 Å². The molecule has 0 rings (SSSR count). The van der Waals surface area contributed by atoms with Crippen LogP contribution in [0.2, 0.25) is 0 Å². The van der Waals surface area contributed by atoms with Gasteiger partial charge in [0.2, 0.25) is 0 Å². The minimum Gasteiger partial charge on any atom is -0.251 e. The first kappa shape index (κ1) is 7.71. The highest BCUT2D eigenvalue weighted by Gasteiger charge is 2.32. The van der Waals surface area contributed by atoms with Gasteiger partial charge >= 0.3 is 6.30 Å². The first-order valence-corrected chi connectivity index (χ1v) is 1.96. The number of hydrogen-bond donors (Lipinski definition) is 1. The molecule has 0 spiro atoms. The minimum absolute atomic E-state index is 0.0625. The number of nitrogens with zero attached hydrogens (tertiary/aromatic N) is 1. The lowest BCUT2D eigenvalue weighted by molar-refractivity contribution is -0.251. The fraction of sp³-hybridized carbons (Fsp3) is 1.00. The SMILES string of the molecule is CNN(C)C(F)(F)F. The molecule has 0 heterocycles. The van der Waals surface area contributed by atoms with Crippen molar-refractivity contribution in [2.45, 2.75) is 6.30 Å². The van der Waals surface area contributed by atoms with E-state index in [-0.39, 0.29) is 5.01 Å². The molecule has 0 bridgehead atoms. The van der Waals surface area contributed by atoms with Crippen LogP contribution in [0.4, 0.5) is 13.2 Å². The molecule has 0 atom stereocenters. The fourth-order valence-electron chi connectivity index (χ4n) is 0.127. The maximum absolute atomic E-state index is 11.3. The molecule has 0 aromatic carbocycles. The van der Waals surface area contributed by atoms with Crippen LogP contribution in [0.3, 0.4) is 0 Å². The molecular formula is C3H7F3N2. The molecule has 0 aromatic heterocycles. The quantitative estimate of drug-likeness (QED) is 0.410. The molecule has 1 N–H and O–H groups in total. The molecule has 0 unspecified atom stereocenters. The lowest BCUT2D eigenvalue weighted by Gasteiger charge is -2.17. The van der Waals surface area contributed by atoms with Gasteiger partial charge in [-0.15, -0.1) is 0 Å². The summed E-state index contributed by atoms with van der Waals surface area (Å²) >= 11 is 0. The van der Waals surface area contributed by atoms with Crippen LogP contribution in [-0.2, 0) is 0 Å². The molecule has 0 aliphatic heterocycles. The Kier molecular flexibility index (Phi) is 2.24. The van der Waals surface area contributed by atoms with Crippen molar-refractivity contribution in [1.82, 2.24) is 10.4 Å². The maximum atomic E-state index is 11.3. The Morgan fingerprint density at radius 3 is 1.75 bits per heavy atom. The molecule has 50 valence electrons. The number of hydrogen-bond acceptors (Lipinski definition) is 2. The molecule has 0 saturated carbocycles. The van der Waals surface area contributed by atoms with Crippen molar-refractivity contribution in [1.29, 1.82) is 0 Å². The van der Waals surface area contributed by atoms with E-state index in [9.17, 15) is 13.2 Å². The van der Waals surface area contributed by atoms with Crippen molar-refractivity contribution in [3.63, 3.8) is 0 Å². The van der Waals surface area contributed by atoms with E-state index in [1.165, 1.54) is 7.05 Å². The average molecular weight is 128 g/mol. The summed E-state index contributed by atoms with van der Waals surface area (Å²) in [5.41, 5.74) is 1.91. The zero-order valence-corrected chi connectivity index (χ0v) is 4.58. The van der Waals surface area contributed by atoms with Crippen molar-refractivity contribution in [3.8, 4) is 0 Å². The molecule has 8 heavy (non-hydrogen) atoms. The third-order valence-electron chi connectivity index (χ3n) is 0.716. The predicted molar refractivity (Wildman–Crippen MR) is 22.9 cm³/mol. The van der Waals surface area contributed by atoms with Crippen LogP contribution in [0.5, 0.6) is 0 Å². The number of hydrazine groups is 1. The summed E-state index contributed by atoms with van der Waals surface area (Å²) in [5, 5.41) is 0.0625. The smallest absolute Gasteiger partial charge is 0.251 e. The Morgan fingerprint density at radius 1 is 1.38 bits per heavy atom. The summed E-state index contributed by atoms with van der Waals surface area (Å²) in [6.07, 6.45) is -4.27. The van der Waals surface area contributed by atoms with Gasteiger partial charge in [-0.2, -0.15) is 18.2 Å². The van der Waals surface area contributed by atoms with E-state index in [1.54, 1.807) is 0 Å². The lowest BCUT2D eigenvalue weighted by Crippen LogP contribution is -2.42. The maximum Gasteiger partial charge on any atom is 0.472 e. The first-order valence-electron chi connectivity index (χ1n) is 1.96. The van der Waals surface area contributed by atoms with E-state index in [0.29, 0.717) is 0 Å². The second-order valence-electron chi connectivity index (χ2n) is 1.25. The molecule has 0 aliphatic carbocycles. The zero-order valence-electron chi connectivity index (χ0n) is 4.58. The van der Waals surface area contributed by atoms with Crippen LogP contribution in [-0.4, -0.2) is 25.4 Å². The minimum atomic E-state index is -4.27. The van der Waals surface area contributed by atoms with E-state index < -0.39 is 6.30 Å². The molecular weight excluding hydrogens is 121 g/mol. The van der Waals surface area contributed by atoms with Gasteiger partial charge in [0.1, 0.15) is 0 Å². The predicted octanol–water partition coefficient (Wildman–Crippen LogP) is 0.572. The topological polar surface area (TPSA) is 15.3 Å². The molecule has 0 aliphatic rings. The van der Waals surface area contributed by atoms with E-state index in [2.05, 4.69) is 0 Å². The molecule has 0 aromatic rings. The zero-order chi connectivity index (χ0) is 6.78. The van der Waals surface area contributed by atoms with Crippen LogP contribution in [0.25, 0.3) is 0 Å². The van der Waals surface area contributed by atoms with Crippen LogP contribution >= 0.6 is 0 Å². The van der Waals surface area contributed by atoms with Crippen molar-refractivity contribution < 1.29 is 13.2 Å². The highest BCUT2D eigenvalue weighted by Crippen LogP contribution is 2.15. The Morgan fingerprint density at radius 2 is 1.75 bits per heavy atom. The van der Waals surface area contributed by atoms with E-state index in [0.717, 1.165) is 7.05 Å². The largest absolute Gasteiger partial charge is 0.472 e. The molecule has 0 amide bonds. The summed E-state index contributed by atoms with van der Waals surface area (Å²) in [7, 11) is 2.10. The Bertz CT molecular complexity index is 69.4. The molecule has 2 nitrogen and oxygen atoms in total. The van der Waals surface area contributed by atoms with Gasteiger partial charge in [-0.3, -0.25) is 5.43 Å². The van der Waals surface area contributed by atoms with Crippen LogP contribution in [0, 0.1) is 0 Å². The Labute approximate surface area is 45.2 Å². The van der Waals surface area contributed by atoms with Crippen molar-refractivity contribution in [2.75, 3.05) is 14.1 Å². The van der Waals surface area contributed by atoms with Crippen molar-refractivity contribution >= 4 is 0 Å². The van der Waals surface area contributed by atoms with Gasteiger partial charge in [-0.1, -0.05) is 0 Å². The Balaban J connectivity index is 3.62. The number of alkyl halides is 3. The van der Waals surface area contributed by atoms with Gasteiger partial charge in [0.25, 0.3) is 0 Å². The second kappa shape index (κ2) is 2.32. The molecule has 5 heteroatoms. The van der Waals surface area contributed by atoms with Crippen LogP contribution in [0.1, 0.15) is 0 Å². The van der Waals surface area contributed by atoms with Crippen molar-refractivity contribution in [3.05, 3.63) is 0 Å². The standard InChI is InChI=1S/C3H7F3N2/c1-7-8(2)3(4,5)6/h7H,1-2H3. The number of nitrogens with one attached hydrogen (secondary N) is 1. The highest BCUT2D eigenvalue weighted by molar-refractivity contribution is 4.40. The summed E-state index contributed by atoms with van der Waals surface area (Å²) in [6, 6.07) is 0. The van der Waals surface area contributed by atoms with Gasteiger partial charge in [-0.05, 0) is 7.05 Å². The van der Waals surface area contributed by atoms with Crippen LogP contribution in [0.15, 0.2) is 0 Å². The molecule has 0 saturated heterocycles. The highest BCUT2D eigenvalue weighted by atomic mass is 19.4. The van der Waals surface area contributed by atoms with E-state index in [4.69, 9.17) is 0 Å². The fourth-order valence-corrected chi connectivity index (χ4v) is 0.127. The lowest BCUT2D eigenvalue weighted by atomic mass is 11.0. The third-order valence-corrected chi connectivity index (χ3v) is 0.716. The second-order valence-corrected chi connectivity index (χ2v) is 1.25. The molecule has 0 fully saturated rings. The van der Waals surface area contributed by atoms with Crippen molar-refractivity contribution in [2.24, 2.45) is 0 Å². The Hall–Kier alpha value is -0.290. The number of rotatable bonds is 1. The van der Waals surface area contributed by atoms with Gasteiger partial charge in [-0.25, -0.2) is 0 Å². The van der Waals surface area contributed by atoms with Gasteiger partial charge < -0.3 is 0 Å². The van der Waals surface area contributed by atoms with Gasteiger partial charge in [0, 0.05) is 7.05 Å². The first-order chi connectivity index (χ1) is 3.48. The van der Waals surface area contributed by atoms with E-state index >= 15 is 0 Å². The summed E-state index contributed by atoms with van der Waals surface area (Å²) < 4.78 is 33.9.